The summed E-state index contributed by atoms with van der Waals surface area (Å²) in [5.74, 6) is 0. The Morgan fingerprint density at radius 2 is 1.11 bits per heavy atom. The van der Waals surface area contributed by atoms with E-state index < -0.39 is 5.41 Å². The minimum Gasteiger partial charge on any atom is -0.396 e. The van der Waals surface area contributed by atoms with E-state index in [1.807, 2.05) is 6.08 Å². The van der Waals surface area contributed by atoms with Crippen LogP contribution in [-0.2, 0) is 0 Å². The highest BCUT2D eigenvalue weighted by molar-refractivity contribution is 4.76. The van der Waals surface area contributed by atoms with Crippen LogP contribution in [0.2, 0.25) is 0 Å². The van der Waals surface area contributed by atoms with Crippen molar-refractivity contribution < 1.29 is 15.3 Å². The summed E-state index contributed by atoms with van der Waals surface area (Å²) in [6, 6.07) is 0. The van der Waals surface area contributed by atoms with Gasteiger partial charge in [-0.25, -0.2) is 0 Å². The Balaban J connectivity index is 3.37. The number of allylic oxidation sites excluding steroid dienone is 1. The molecule has 0 aromatic carbocycles. The summed E-state index contributed by atoms with van der Waals surface area (Å²) in [4.78, 5) is 0. The third-order valence-electron chi connectivity index (χ3n) is 3.87. The molecule has 0 radical (unpaired) electrons. The molecule has 3 nitrogen and oxygen atoms in total. The van der Waals surface area contributed by atoms with Gasteiger partial charge in [-0.1, -0.05) is 51.0 Å². The average molecular weight is 272 g/mol. The molecule has 0 amide bonds. The van der Waals surface area contributed by atoms with Crippen molar-refractivity contribution in [3.63, 3.8) is 0 Å². The molecule has 0 aromatic heterocycles. The minimum atomic E-state index is -0.676. The zero-order chi connectivity index (χ0) is 14.4. The predicted octanol–water partition coefficient (Wildman–Crippen LogP) is 3.04. The number of rotatable bonds is 14. The molecule has 0 aromatic rings. The molecule has 3 N–H and O–H groups in total. The second-order valence-electron chi connectivity index (χ2n) is 5.63. The van der Waals surface area contributed by atoms with Crippen molar-refractivity contribution in [2.45, 2.75) is 64.2 Å². The van der Waals surface area contributed by atoms with Gasteiger partial charge < -0.3 is 15.3 Å². The molecule has 0 aliphatic rings. The molecule has 3 heteroatoms. The lowest BCUT2D eigenvalue weighted by atomic mass is 9.85. The maximum atomic E-state index is 9.19. The Labute approximate surface area is 118 Å². The van der Waals surface area contributed by atoms with Gasteiger partial charge in [-0.05, 0) is 19.3 Å². The quantitative estimate of drug-likeness (QED) is 0.336. The number of aliphatic hydroxyl groups excluding tert-OH is 3. The molecule has 0 bridgehead atoms. The van der Waals surface area contributed by atoms with E-state index in [-0.39, 0.29) is 19.8 Å². The van der Waals surface area contributed by atoms with Crippen LogP contribution in [0.1, 0.15) is 64.2 Å². The maximum Gasteiger partial charge on any atom is 0.0531 e. The van der Waals surface area contributed by atoms with Crippen molar-refractivity contribution in [1.82, 2.24) is 0 Å². The number of hydrogen-bond donors (Lipinski definition) is 3. The highest BCUT2D eigenvalue weighted by atomic mass is 16.3. The van der Waals surface area contributed by atoms with E-state index in [0.29, 0.717) is 6.42 Å². The van der Waals surface area contributed by atoms with Gasteiger partial charge in [-0.2, -0.15) is 0 Å². The molecule has 0 unspecified atom stereocenters. The topological polar surface area (TPSA) is 60.7 Å². The average Bonchev–Trinajstić information content (AvgIpc) is 2.46. The van der Waals surface area contributed by atoms with Crippen LogP contribution in [0.3, 0.4) is 0 Å². The first-order valence-corrected chi connectivity index (χ1v) is 7.68. The number of aliphatic hydroxyl groups is 3. The molecule has 0 spiro atoms. The maximum absolute atomic E-state index is 9.19. The van der Waals surface area contributed by atoms with Crippen LogP contribution in [0.15, 0.2) is 12.7 Å². The third kappa shape index (κ3) is 9.20. The van der Waals surface area contributed by atoms with E-state index in [1.54, 1.807) is 0 Å². The Bertz CT molecular complexity index is 192. The number of unbranched alkanes of at least 4 members (excludes halogenated alkanes) is 8. The highest BCUT2D eigenvalue weighted by Gasteiger charge is 2.26. The number of hydrogen-bond acceptors (Lipinski definition) is 3. The fraction of sp³-hybridized carbons (Fsp3) is 0.875. The van der Waals surface area contributed by atoms with Crippen LogP contribution in [0.25, 0.3) is 0 Å². The monoisotopic (exact) mass is 272 g/mol. The lowest BCUT2D eigenvalue weighted by molar-refractivity contribution is -0.00229. The van der Waals surface area contributed by atoms with E-state index in [0.717, 1.165) is 19.3 Å². The van der Waals surface area contributed by atoms with E-state index in [1.165, 1.54) is 38.5 Å². The molecule has 0 atom stereocenters. The van der Waals surface area contributed by atoms with Gasteiger partial charge in [0.15, 0.2) is 0 Å². The van der Waals surface area contributed by atoms with E-state index in [2.05, 4.69) is 6.58 Å². The first-order chi connectivity index (χ1) is 9.24. The minimum absolute atomic E-state index is 0.136. The molecular formula is C16H32O3. The normalized spacial score (nSPS) is 11.7. The molecule has 0 fully saturated rings. The molecule has 0 aliphatic carbocycles. The van der Waals surface area contributed by atoms with Crippen LogP contribution in [0.5, 0.6) is 0 Å². The highest BCUT2D eigenvalue weighted by Crippen LogP contribution is 2.23. The van der Waals surface area contributed by atoms with Gasteiger partial charge in [0, 0.05) is 5.41 Å². The molecular weight excluding hydrogens is 240 g/mol. The molecule has 114 valence electrons. The van der Waals surface area contributed by atoms with Gasteiger partial charge in [-0.3, -0.25) is 0 Å². The fourth-order valence-electron chi connectivity index (χ4n) is 2.24. The summed E-state index contributed by atoms with van der Waals surface area (Å²) < 4.78 is 0. The van der Waals surface area contributed by atoms with Crippen molar-refractivity contribution in [1.29, 1.82) is 0 Å². The summed E-state index contributed by atoms with van der Waals surface area (Å²) in [5, 5.41) is 27.6. The molecule has 0 saturated heterocycles. The standard InChI is InChI=1S/C16H32O3/c1-2-3-4-5-6-7-8-9-10-11-12-16(13-17,14-18)15-19/h2,17-19H,1,3-15H2. The van der Waals surface area contributed by atoms with Gasteiger partial charge >= 0.3 is 0 Å². The molecule has 0 saturated carbocycles. The van der Waals surface area contributed by atoms with Gasteiger partial charge in [-0.15, -0.1) is 6.58 Å². The Morgan fingerprint density at radius 3 is 1.53 bits per heavy atom. The van der Waals surface area contributed by atoms with Crippen LogP contribution < -0.4 is 0 Å². The van der Waals surface area contributed by atoms with E-state index >= 15 is 0 Å². The first kappa shape index (κ1) is 18.6. The summed E-state index contributed by atoms with van der Waals surface area (Å²) in [6.07, 6.45) is 13.5. The zero-order valence-corrected chi connectivity index (χ0v) is 12.3. The fourth-order valence-corrected chi connectivity index (χ4v) is 2.24. The van der Waals surface area contributed by atoms with Crippen molar-refractivity contribution in [3.8, 4) is 0 Å². The smallest absolute Gasteiger partial charge is 0.0531 e. The summed E-state index contributed by atoms with van der Waals surface area (Å²) >= 11 is 0. The van der Waals surface area contributed by atoms with Crippen LogP contribution in [0, 0.1) is 5.41 Å². The third-order valence-corrected chi connectivity index (χ3v) is 3.87. The van der Waals surface area contributed by atoms with E-state index in [9.17, 15) is 15.3 Å². The second-order valence-corrected chi connectivity index (χ2v) is 5.63. The molecule has 19 heavy (non-hydrogen) atoms. The Kier molecular flexibility index (Phi) is 12.4. The Morgan fingerprint density at radius 1 is 0.684 bits per heavy atom. The lowest BCUT2D eigenvalue weighted by Gasteiger charge is -2.27. The Hall–Kier alpha value is -0.380. The van der Waals surface area contributed by atoms with Crippen LogP contribution in [-0.4, -0.2) is 35.1 Å². The summed E-state index contributed by atoms with van der Waals surface area (Å²) in [6.45, 7) is 3.31. The van der Waals surface area contributed by atoms with E-state index in [4.69, 9.17) is 0 Å². The van der Waals surface area contributed by atoms with Crippen LogP contribution in [0.4, 0.5) is 0 Å². The van der Waals surface area contributed by atoms with Crippen molar-refractivity contribution in [2.75, 3.05) is 19.8 Å². The van der Waals surface area contributed by atoms with Crippen LogP contribution >= 0.6 is 0 Å². The van der Waals surface area contributed by atoms with Gasteiger partial charge in [0.1, 0.15) is 0 Å². The molecule has 0 rings (SSSR count). The predicted molar refractivity (Wildman–Crippen MR) is 80.1 cm³/mol. The molecule has 0 heterocycles. The van der Waals surface area contributed by atoms with Crippen molar-refractivity contribution in [3.05, 3.63) is 12.7 Å². The van der Waals surface area contributed by atoms with Crippen molar-refractivity contribution in [2.24, 2.45) is 5.41 Å². The summed E-state index contributed by atoms with van der Waals surface area (Å²) in [7, 11) is 0. The summed E-state index contributed by atoms with van der Waals surface area (Å²) in [5.41, 5.74) is -0.676. The lowest BCUT2D eigenvalue weighted by Crippen LogP contribution is -2.33. The largest absolute Gasteiger partial charge is 0.396 e. The molecule has 0 aliphatic heterocycles. The van der Waals surface area contributed by atoms with Gasteiger partial charge in [0.05, 0.1) is 19.8 Å². The SMILES string of the molecule is C=CCCCCCCCCCCC(CO)(CO)CO. The van der Waals surface area contributed by atoms with Crippen molar-refractivity contribution >= 4 is 0 Å². The zero-order valence-electron chi connectivity index (χ0n) is 12.3. The van der Waals surface area contributed by atoms with Gasteiger partial charge in [0.25, 0.3) is 0 Å². The second kappa shape index (κ2) is 12.6. The van der Waals surface area contributed by atoms with Gasteiger partial charge in [0.2, 0.25) is 0 Å². The first-order valence-electron chi connectivity index (χ1n) is 7.68.